The normalized spacial score (nSPS) is 13.3. The van der Waals surface area contributed by atoms with Gasteiger partial charge in [-0.15, -0.1) is 0 Å². The average molecular weight is 1120 g/mol. The molecule has 0 aromatic rings. The Hall–Kier alpha value is -2.29. The highest BCUT2D eigenvalue weighted by atomic mass is 31.2. The van der Waals surface area contributed by atoms with E-state index in [9.17, 15) is 19.0 Å². The second-order valence-electron chi connectivity index (χ2n) is 22.3. The molecule has 3 N–H and O–H groups in total. The highest BCUT2D eigenvalue weighted by Crippen LogP contribution is 2.43. The van der Waals surface area contributed by atoms with Crippen LogP contribution in [-0.4, -0.2) is 49.3 Å². The highest BCUT2D eigenvalue weighted by Gasteiger charge is 2.26. The zero-order valence-electron chi connectivity index (χ0n) is 51.2. The molecule has 0 saturated carbocycles. The molecule has 0 amide bonds. The Morgan fingerprint density at radius 2 is 0.705 bits per heavy atom. The van der Waals surface area contributed by atoms with Gasteiger partial charge in [0.05, 0.1) is 13.2 Å². The number of hydrogen-bond donors (Lipinski definition) is 2. The quantitative estimate of drug-likeness (QED) is 0.0264. The smallest absolute Gasteiger partial charge is 0.462 e. The molecule has 0 bridgehead atoms. The predicted octanol–water partition coefficient (Wildman–Crippen LogP) is 21.5. The number of hydrogen-bond acceptors (Lipinski definition) is 8. The summed E-state index contributed by atoms with van der Waals surface area (Å²) >= 11 is 0. The molecule has 0 fully saturated rings. The molecule has 9 nitrogen and oxygen atoms in total. The van der Waals surface area contributed by atoms with Crippen LogP contribution in [-0.2, 0) is 32.7 Å². The Labute approximate surface area is 482 Å². The lowest BCUT2D eigenvalue weighted by atomic mass is 10.0. The molecule has 78 heavy (non-hydrogen) atoms. The lowest BCUT2D eigenvalue weighted by molar-refractivity contribution is -0.161. The summed E-state index contributed by atoms with van der Waals surface area (Å²) in [5, 5.41) is 0. The summed E-state index contributed by atoms with van der Waals surface area (Å²) in [5.41, 5.74) is 5.39. The third-order valence-electron chi connectivity index (χ3n) is 14.7. The Bertz CT molecular complexity index is 1460. The molecule has 0 spiro atoms. The first kappa shape index (κ1) is 75.7. The van der Waals surface area contributed by atoms with E-state index in [1.165, 1.54) is 231 Å². The molecule has 0 aromatic heterocycles. The van der Waals surface area contributed by atoms with Crippen molar-refractivity contribution >= 4 is 19.8 Å². The van der Waals surface area contributed by atoms with E-state index in [-0.39, 0.29) is 38.6 Å². The van der Waals surface area contributed by atoms with Crippen LogP contribution in [0.5, 0.6) is 0 Å². The number of ether oxygens (including phenoxy) is 2. The summed E-state index contributed by atoms with van der Waals surface area (Å²) in [6.07, 6.45) is 81.7. The Kier molecular flexibility index (Phi) is 62.0. The second kappa shape index (κ2) is 63.9. The summed E-state index contributed by atoms with van der Waals surface area (Å²) < 4.78 is 33.1. The molecule has 10 heteroatoms. The molecule has 0 aliphatic rings. The number of allylic oxidation sites excluding steroid dienone is 10. The molecule has 0 saturated heterocycles. The minimum Gasteiger partial charge on any atom is -0.462 e. The molecule has 456 valence electrons. The van der Waals surface area contributed by atoms with E-state index in [0.717, 1.165) is 64.2 Å². The van der Waals surface area contributed by atoms with Crippen molar-refractivity contribution in [2.45, 2.75) is 335 Å². The van der Waals surface area contributed by atoms with Crippen molar-refractivity contribution in [3.8, 4) is 0 Å². The van der Waals surface area contributed by atoms with E-state index in [1.807, 2.05) is 0 Å². The zero-order chi connectivity index (χ0) is 56.6. The molecule has 0 rings (SSSR count). The topological polar surface area (TPSA) is 134 Å². The minimum atomic E-state index is -4.39. The maximum atomic E-state index is 12.7. The Morgan fingerprint density at radius 3 is 1.05 bits per heavy atom. The molecule has 0 aromatic carbocycles. The summed E-state index contributed by atoms with van der Waals surface area (Å²) in [5.74, 6) is -0.808. The molecule has 0 aliphatic carbocycles. The van der Waals surface area contributed by atoms with Crippen LogP contribution in [0.2, 0.25) is 0 Å². The van der Waals surface area contributed by atoms with Gasteiger partial charge in [-0.3, -0.25) is 18.6 Å². The van der Waals surface area contributed by atoms with E-state index in [0.29, 0.717) is 6.42 Å². The SMILES string of the molecule is CC/C=C\C/C=C\C/C=C\C/C=C\C/C=C\CCCCCCCCCCCCCCCCCCCCCCCCCC(=O)OC(COC(=O)CCCCCCCCCCCCCCCCCCCC)COP(=O)(O)OCCN. The van der Waals surface area contributed by atoms with Gasteiger partial charge in [0.25, 0.3) is 0 Å². The van der Waals surface area contributed by atoms with E-state index < -0.39 is 26.5 Å². The van der Waals surface area contributed by atoms with Crippen molar-refractivity contribution in [1.29, 1.82) is 0 Å². The molecule has 0 heterocycles. The third kappa shape index (κ3) is 62.9. The fourth-order valence-corrected chi connectivity index (χ4v) is 10.6. The van der Waals surface area contributed by atoms with Crippen molar-refractivity contribution in [3.05, 3.63) is 60.8 Å². The van der Waals surface area contributed by atoms with Crippen LogP contribution in [0.3, 0.4) is 0 Å². The van der Waals surface area contributed by atoms with Crippen molar-refractivity contribution in [2.24, 2.45) is 5.73 Å². The van der Waals surface area contributed by atoms with Crippen molar-refractivity contribution in [3.63, 3.8) is 0 Å². The Balaban J connectivity index is 3.78. The van der Waals surface area contributed by atoms with Gasteiger partial charge in [0.1, 0.15) is 6.61 Å². The minimum absolute atomic E-state index is 0.0557. The number of unbranched alkanes of at least 4 members (excludes halogenated alkanes) is 40. The molecule has 2 unspecified atom stereocenters. The van der Waals surface area contributed by atoms with E-state index >= 15 is 0 Å². The standard InChI is InChI=1S/C68H126NO8P/c1-3-5-7-9-11-13-15-17-19-21-23-24-25-26-27-28-29-30-31-32-33-34-35-36-37-38-39-40-41-42-43-45-47-49-51-53-55-57-59-61-68(71)77-66(65-76-78(72,73)75-63-62-69)64-74-67(70)60-58-56-54-52-50-48-46-44-22-20-18-16-14-12-10-8-6-4-2/h5,7,11,13,17,19,23-24,26-27,66H,3-4,6,8-10,12,14-16,18,20-22,25,28-65,69H2,1-2H3,(H,72,73)/b7-5-,13-11-,19-17-,24-23-,27-26-. The number of phosphoric acid groups is 1. The maximum absolute atomic E-state index is 12.7. The van der Waals surface area contributed by atoms with Crippen LogP contribution in [0.15, 0.2) is 60.8 Å². The molecule has 0 radical (unpaired) electrons. The maximum Gasteiger partial charge on any atom is 0.472 e. The van der Waals surface area contributed by atoms with Crippen LogP contribution in [0.25, 0.3) is 0 Å². The summed E-state index contributed by atoms with van der Waals surface area (Å²) in [4.78, 5) is 35.2. The van der Waals surface area contributed by atoms with Gasteiger partial charge in [-0.1, -0.05) is 319 Å². The van der Waals surface area contributed by atoms with E-state index in [2.05, 4.69) is 74.6 Å². The number of esters is 2. The summed E-state index contributed by atoms with van der Waals surface area (Å²) in [6, 6.07) is 0. The van der Waals surface area contributed by atoms with Gasteiger partial charge in [0, 0.05) is 19.4 Å². The van der Waals surface area contributed by atoms with Gasteiger partial charge in [0.2, 0.25) is 0 Å². The van der Waals surface area contributed by atoms with Crippen LogP contribution >= 0.6 is 7.82 Å². The highest BCUT2D eigenvalue weighted by molar-refractivity contribution is 7.47. The van der Waals surface area contributed by atoms with Gasteiger partial charge in [0.15, 0.2) is 6.10 Å². The fourth-order valence-electron chi connectivity index (χ4n) is 9.79. The molecule has 0 aliphatic heterocycles. The predicted molar refractivity (Wildman–Crippen MR) is 335 cm³/mol. The van der Waals surface area contributed by atoms with E-state index in [1.54, 1.807) is 0 Å². The lowest BCUT2D eigenvalue weighted by Gasteiger charge is -2.19. The Morgan fingerprint density at radius 1 is 0.397 bits per heavy atom. The number of carbonyl (C=O) groups is 2. The number of rotatable bonds is 63. The summed E-state index contributed by atoms with van der Waals surface area (Å²) in [7, 11) is -4.39. The second-order valence-corrected chi connectivity index (χ2v) is 23.8. The van der Waals surface area contributed by atoms with Crippen LogP contribution < -0.4 is 5.73 Å². The van der Waals surface area contributed by atoms with Crippen molar-refractivity contribution in [2.75, 3.05) is 26.4 Å². The average Bonchev–Trinajstić information content (AvgIpc) is 3.43. The monoisotopic (exact) mass is 1120 g/mol. The molecular weight excluding hydrogens is 990 g/mol. The lowest BCUT2D eigenvalue weighted by Crippen LogP contribution is -2.29. The first-order valence-corrected chi connectivity index (χ1v) is 34.8. The van der Waals surface area contributed by atoms with Crippen LogP contribution in [0.4, 0.5) is 0 Å². The number of nitrogens with two attached hydrogens (primary N) is 1. The van der Waals surface area contributed by atoms with Crippen molar-refractivity contribution in [1.82, 2.24) is 0 Å². The number of carbonyl (C=O) groups excluding carboxylic acids is 2. The van der Waals surface area contributed by atoms with Crippen LogP contribution in [0.1, 0.15) is 328 Å². The van der Waals surface area contributed by atoms with Gasteiger partial charge >= 0.3 is 19.8 Å². The first-order valence-electron chi connectivity index (χ1n) is 33.3. The largest absolute Gasteiger partial charge is 0.472 e. The van der Waals surface area contributed by atoms with Crippen molar-refractivity contribution < 1.29 is 37.6 Å². The van der Waals surface area contributed by atoms with Crippen LogP contribution in [0, 0.1) is 0 Å². The van der Waals surface area contributed by atoms with Gasteiger partial charge in [-0.2, -0.15) is 0 Å². The van der Waals surface area contributed by atoms with E-state index in [4.69, 9.17) is 24.3 Å². The fraction of sp³-hybridized carbons (Fsp3) is 0.824. The summed E-state index contributed by atoms with van der Waals surface area (Å²) in [6.45, 7) is 3.69. The zero-order valence-corrected chi connectivity index (χ0v) is 52.1. The van der Waals surface area contributed by atoms with Gasteiger partial charge in [-0.05, 0) is 57.8 Å². The third-order valence-corrected chi connectivity index (χ3v) is 15.7. The van der Waals surface area contributed by atoms with Gasteiger partial charge in [-0.25, -0.2) is 4.57 Å². The molecule has 2 atom stereocenters. The first-order chi connectivity index (χ1) is 38.3. The molecular formula is C68H126NO8P. The van der Waals surface area contributed by atoms with Gasteiger partial charge < -0.3 is 20.1 Å². The number of phosphoric ester groups is 1.